The van der Waals surface area contributed by atoms with Crippen LogP contribution in [0.5, 0.6) is 0 Å². The van der Waals surface area contributed by atoms with Gasteiger partial charge in [0.05, 0.1) is 22.9 Å². The lowest BCUT2D eigenvalue weighted by Crippen LogP contribution is -2.14. The van der Waals surface area contributed by atoms with E-state index in [2.05, 4.69) is 21.2 Å². The summed E-state index contributed by atoms with van der Waals surface area (Å²) in [4.78, 5) is 12.1. The summed E-state index contributed by atoms with van der Waals surface area (Å²) < 4.78 is 0.672. The number of carbonyl (C=O) groups excluding carboxylic acids is 1. The molecular formula is C14H10BrN3O. The van der Waals surface area contributed by atoms with E-state index in [4.69, 9.17) is 11.0 Å². The molecule has 0 unspecified atom stereocenters. The molecule has 2 aromatic rings. The Hall–Kier alpha value is -2.32. The molecule has 0 saturated heterocycles. The molecule has 0 aromatic heterocycles. The van der Waals surface area contributed by atoms with Crippen molar-refractivity contribution in [2.45, 2.75) is 0 Å². The molecule has 0 spiro atoms. The van der Waals surface area contributed by atoms with Crippen LogP contribution in [-0.2, 0) is 0 Å². The Morgan fingerprint density at radius 3 is 2.74 bits per heavy atom. The van der Waals surface area contributed by atoms with E-state index in [1.165, 1.54) is 0 Å². The van der Waals surface area contributed by atoms with Crippen molar-refractivity contribution in [1.29, 1.82) is 5.26 Å². The number of nitrogens with two attached hydrogens (primary N) is 1. The summed E-state index contributed by atoms with van der Waals surface area (Å²) in [6.45, 7) is 0. The molecule has 0 atom stereocenters. The molecule has 0 saturated carbocycles. The van der Waals surface area contributed by atoms with Crippen LogP contribution < -0.4 is 11.1 Å². The van der Waals surface area contributed by atoms with Crippen LogP contribution in [0.2, 0.25) is 0 Å². The molecule has 0 aliphatic carbocycles. The Morgan fingerprint density at radius 2 is 2.00 bits per heavy atom. The van der Waals surface area contributed by atoms with Gasteiger partial charge in [0.2, 0.25) is 0 Å². The molecule has 4 nitrogen and oxygen atoms in total. The van der Waals surface area contributed by atoms with Gasteiger partial charge in [-0.15, -0.1) is 0 Å². The third kappa shape index (κ3) is 2.92. The fourth-order valence-corrected chi connectivity index (χ4v) is 1.97. The van der Waals surface area contributed by atoms with Crippen molar-refractivity contribution in [2.75, 3.05) is 11.1 Å². The first-order valence-corrected chi connectivity index (χ1v) is 6.26. The number of rotatable bonds is 2. The Labute approximate surface area is 119 Å². The number of nitrogens with zero attached hydrogens (tertiary/aromatic N) is 1. The van der Waals surface area contributed by atoms with Gasteiger partial charge in [-0.05, 0) is 46.3 Å². The van der Waals surface area contributed by atoms with Crippen molar-refractivity contribution in [2.24, 2.45) is 0 Å². The van der Waals surface area contributed by atoms with Crippen LogP contribution in [0.15, 0.2) is 46.9 Å². The van der Waals surface area contributed by atoms with Gasteiger partial charge >= 0.3 is 0 Å². The maximum Gasteiger partial charge on any atom is 0.257 e. The lowest BCUT2D eigenvalue weighted by Gasteiger charge is -2.08. The normalized spacial score (nSPS) is 9.68. The number of para-hydroxylation sites is 1. The van der Waals surface area contributed by atoms with Gasteiger partial charge in [-0.3, -0.25) is 4.79 Å². The second-order valence-corrected chi connectivity index (χ2v) is 4.70. The third-order valence-corrected chi connectivity index (χ3v) is 3.24. The minimum absolute atomic E-state index is 0.311. The third-order valence-electron chi connectivity index (χ3n) is 2.55. The number of anilines is 2. The van der Waals surface area contributed by atoms with Gasteiger partial charge in [0.25, 0.3) is 5.91 Å². The molecule has 0 aliphatic heterocycles. The lowest BCUT2D eigenvalue weighted by molar-refractivity contribution is 0.102. The van der Waals surface area contributed by atoms with Crippen LogP contribution >= 0.6 is 15.9 Å². The molecule has 5 heteroatoms. The van der Waals surface area contributed by atoms with Gasteiger partial charge in [-0.1, -0.05) is 12.1 Å². The van der Waals surface area contributed by atoms with Crippen LogP contribution in [0.4, 0.5) is 11.4 Å². The number of benzene rings is 2. The SMILES string of the molecule is N#Cc1cccc(NC(=O)c2cccc(Br)c2N)c1. The minimum atomic E-state index is -0.311. The summed E-state index contributed by atoms with van der Waals surface area (Å²) in [6, 6.07) is 13.9. The maximum absolute atomic E-state index is 12.1. The second-order valence-electron chi connectivity index (χ2n) is 3.85. The molecule has 94 valence electrons. The van der Waals surface area contributed by atoms with E-state index in [0.717, 1.165) is 0 Å². The van der Waals surface area contributed by atoms with Crippen LogP contribution in [0, 0.1) is 11.3 Å². The Bertz CT molecular complexity index is 677. The number of nitrogens with one attached hydrogen (secondary N) is 1. The van der Waals surface area contributed by atoms with Gasteiger partial charge in [0, 0.05) is 10.2 Å². The van der Waals surface area contributed by atoms with Crippen molar-refractivity contribution in [3.05, 3.63) is 58.1 Å². The first-order chi connectivity index (χ1) is 9.11. The maximum atomic E-state index is 12.1. The van der Waals surface area contributed by atoms with Crippen molar-refractivity contribution < 1.29 is 4.79 Å². The average molecular weight is 316 g/mol. The Morgan fingerprint density at radius 1 is 1.26 bits per heavy atom. The summed E-state index contributed by atoms with van der Waals surface area (Å²) in [5, 5.41) is 11.5. The summed E-state index contributed by atoms with van der Waals surface area (Å²) in [5.74, 6) is -0.311. The van der Waals surface area contributed by atoms with Crippen LogP contribution in [0.3, 0.4) is 0 Å². The van der Waals surface area contributed by atoms with Gasteiger partial charge in [-0.2, -0.15) is 5.26 Å². The number of carbonyl (C=O) groups is 1. The highest BCUT2D eigenvalue weighted by Crippen LogP contribution is 2.23. The topological polar surface area (TPSA) is 78.9 Å². The Balaban J connectivity index is 2.26. The predicted molar refractivity (Wildman–Crippen MR) is 77.7 cm³/mol. The first-order valence-electron chi connectivity index (χ1n) is 5.47. The van der Waals surface area contributed by atoms with Crippen LogP contribution in [-0.4, -0.2) is 5.91 Å². The number of hydrogen-bond acceptors (Lipinski definition) is 3. The van der Waals surface area contributed by atoms with Crippen molar-refractivity contribution >= 4 is 33.2 Å². The molecule has 0 fully saturated rings. The largest absolute Gasteiger partial charge is 0.397 e. The van der Waals surface area contributed by atoms with Crippen LogP contribution in [0.1, 0.15) is 15.9 Å². The molecular weight excluding hydrogens is 306 g/mol. The summed E-state index contributed by atoms with van der Waals surface area (Å²) in [5.41, 5.74) is 7.65. The average Bonchev–Trinajstić information content (AvgIpc) is 2.42. The van der Waals surface area contributed by atoms with E-state index < -0.39 is 0 Å². The van der Waals surface area contributed by atoms with E-state index >= 15 is 0 Å². The molecule has 0 radical (unpaired) electrons. The van der Waals surface area contributed by atoms with Crippen molar-refractivity contribution in [3.63, 3.8) is 0 Å². The summed E-state index contributed by atoms with van der Waals surface area (Å²) in [7, 11) is 0. The summed E-state index contributed by atoms with van der Waals surface area (Å²) in [6.07, 6.45) is 0. The van der Waals surface area contributed by atoms with E-state index in [0.29, 0.717) is 27.0 Å². The highest BCUT2D eigenvalue weighted by atomic mass is 79.9. The number of nitriles is 1. The van der Waals surface area contributed by atoms with Gasteiger partial charge < -0.3 is 11.1 Å². The zero-order valence-corrected chi connectivity index (χ0v) is 11.4. The predicted octanol–water partition coefficient (Wildman–Crippen LogP) is 3.16. The molecule has 0 bridgehead atoms. The van der Waals surface area contributed by atoms with Crippen molar-refractivity contribution in [1.82, 2.24) is 0 Å². The monoisotopic (exact) mass is 315 g/mol. The molecule has 0 heterocycles. The van der Waals surface area contributed by atoms with Gasteiger partial charge in [0.1, 0.15) is 0 Å². The van der Waals surface area contributed by atoms with E-state index in [1.54, 1.807) is 42.5 Å². The molecule has 0 aliphatic rings. The smallest absolute Gasteiger partial charge is 0.257 e. The van der Waals surface area contributed by atoms with Gasteiger partial charge in [0.15, 0.2) is 0 Å². The molecule has 2 rings (SSSR count). The zero-order chi connectivity index (χ0) is 13.8. The van der Waals surface area contributed by atoms with Gasteiger partial charge in [-0.25, -0.2) is 0 Å². The highest BCUT2D eigenvalue weighted by molar-refractivity contribution is 9.10. The first kappa shape index (κ1) is 13.1. The molecule has 2 aromatic carbocycles. The van der Waals surface area contributed by atoms with E-state index in [9.17, 15) is 4.79 Å². The van der Waals surface area contributed by atoms with Crippen LogP contribution in [0.25, 0.3) is 0 Å². The van der Waals surface area contributed by atoms with Crippen molar-refractivity contribution in [3.8, 4) is 6.07 Å². The number of hydrogen-bond donors (Lipinski definition) is 2. The second kappa shape index (κ2) is 5.55. The molecule has 1 amide bonds. The molecule has 3 N–H and O–H groups in total. The summed E-state index contributed by atoms with van der Waals surface area (Å²) >= 11 is 3.27. The molecule has 19 heavy (non-hydrogen) atoms. The highest BCUT2D eigenvalue weighted by Gasteiger charge is 2.11. The standard InChI is InChI=1S/C14H10BrN3O/c15-12-6-2-5-11(13(12)17)14(19)18-10-4-1-3-9(7-10)8-16/h1-7H,17H2,(H,18,19). The fraction of sp³-hybridized carbons (Fsp3) is 0. The number of nitrogen functional groups attached to an aromatic ring is 1. The number of halogens is 1. The Kier molecular flexibility index (Phi) is 3.83. The fourth-order valence-electron chi connectivity index (χ4n) is 1.60. The zero-order valence-electron chi connectivity index (χ0n) is 9.85. The quantitative estimate of drug-likeness (QED) is 0.835. The number of amides is 1. The minimum Gasteiger partial charge on any atom is -0.397 e. The lowest BCUT2D eigenvalue weighted by atomic mass is 10.1. The van der Waals surface area contributed by atoms with E-state index in [1.807, 2.05) is 6.07 Å². The van der Waals surface area contributed by atoms with E-state index in [-0.39, 0.29) is 5.91 Å².